The molecule has 1 aromatic heterocycles. The van der Waals surface area contributed by atoms with E-state index < -0.39 is 0 Å². The second kappa shape index (κ2) is 7.81. The molecule has 2 N–H and O–H groups in total. The SMILES string of the molecule is COc1cccc(CN[C@H](c2ccccc2)c2n[nH]c(C)n2)c1OC. The van der Waals surface area contributed by atoms with Gasteiger partial charge in [0.05, 0.1) is 20.3 Å². The van der Waals surface area contributed by atoms with Crippen LogP contribution in [0.2, 0.25) is 0 Å². The molecule has 3 rings (SSSR count). The molecule has 0 aliphatic carbocycles. The molecule has 6 nitrogen and oxygen atoms in total. The smallest absolute Gasteiger partial charge is 0.172 e. The Morgan fingerprint density at radius 2 is 1.84 bits per heavy atom. The number of aromatic nitrogens is 3. The number of hydrogen-bond acceptors (Lipinski definition) is 5. The average Bonchev–Trinajstić information content (AvgIpc) is 3.08. The summed E-state index contributed by atoms with van der Waals surface area (Å²) in [6.45, 7) is 2.48. The summed E-state index contributed by atoms with van der Waals surface area (Å²) in [4.78, 5) is 4.49. The third-order valence-corrected chi connectivity index (χ3v) is 3.99. The van der Waals surface area contributed by atoms with Gasteiger partial charge < -0.3 is 9.47 Å². The van der Waals surface area contributed by atoms with Gasteiger partial charge in [-0.2, -0.15) is 5.10 Å². The van der Waals surface area contributed by atoms with E-state index in [2.05, 4.69) is 32.6 Å². The monoisotopic (exact) mass is 338 g/mol. The van der Waals surface area contributed by atoms with E-state index in [9.17, 15) is 0 Å². The summed E-state index contributed by atoms with van der Waals surface area (Å²) < 4.78 is 10.9. The van der Waals surface area contributed by atoms with Crippen molar-refractivity contribution in [2.45, 2.75) is 19.5 Å². The van der Waals surface area contributed by atoms with Gasteiger partial charge in [0, 0.05) is 12.1 Å². The third-order valence-electron chi connectivity index (χ3n) is 3.99. The zero-order valence-corrected chi connectivity index (χ0v) is 14.6. The lowest BCUT2D eigenvalue weighted by Gasteiger charge is -2.18. The Morgan fingerprint density at radius 1 is 1.04 bits per heavy atom. The Balaban J connectivity index is 1.87. The zero-order valence-electron chi connectivity index (χ0n) is 14.6. The minimum absolute atomic E-state index is 0.123. The largest absolute Gasteiger partial charge is 0.493 e. The van der Waals surface area contributed by atoms with Crippen LogP contribution in [0.1, 0.15) is 28.8 Å². The minimum atomic E-state index is -0.123. The number of methoxy groups -OCH3 is 2. The molecule has 0 bridgehead atoms. The molecular formula is C19H22N4O2. The normalized spacial score (nSPS) is 12.0. The first-order chi connectivity index (χ1) is 12.2. The zero-order chi connectivity index (χ0) is 17.6. The highest BCUT2D eigenvalue weighted by Crippen LogP contribution is 2.31. The number of nitrogens with one attached hydrogen (secondary N) is 2. The van der Waals surface area contributed by atoms with E-state index in [1.165, 1.54) is 0 Å². The molecule has 0 saturated heterocycles. The van der Waals surface area contributed by atoms with Gasteiger partial charge in [0.2, 0.25) is 0 Å². The molecule has 0 aliphatic heterocycles. The number of rotatable bonds is 7. The number of nitrogens with zero attached hydrogens (tertiary/aromatic N) is 2. The summed E-state index contributed by atoms with van der Waals surface area (Å²) in [5, 5.41) is 10.8. The second-order valence-corrected chi connectivity index (χ2v) is 5.66. The van der Waals surface area contributed by atoms with Crippen molar-refractivity contribution >= 4 is 0 Å². The maximum atomic E-state index is 5.51. The van der Waals surface area contributed by atoms with E-state index in [0.717, 1.165) is 22.7 Å². The number of benzene rings is 2. The highest BCUT2D eigenvalue weighted by molar-refractivity contribution is 5.46. The van der Waals surface area contributed by atoms with E-state index in [1.807, 2.05) is 43.3 Å². The molecule has 0 amide bonds. The standard InChI is InChI=1S/C19H22N4O2/c1-13-21-19(23-22-13)17(14-8-5-4-6-9-14)20-12-15-10-7-11-16(24-2)18(15)25-3/h4-11,17,20H,12H2,1-3H3,(H,21,22,23)/t17-/m1/s1. The van der Waals surface area contributed by atoms with Gasteiger partial charge in [-0.25, -0.2) is 4.98 Å². The molecule has 0 unspecified atom stereocenters. The van der Waals surface area contributed by atoms with E-state index in [4.69, 9.17) is 9.47 Å². The predicted molar refractivity (Wildman–Crippen MR) is 95.8 cm³/mol. The van der Waals surface area contributed by atoms with E-state index >= 15 is 0 Å². The van der Waals surface area contributed by atoms with Crippen LogP contribution < -0.4 is 14.8 Å². The van der Waals surface area contributed by atoms with Gasteiger partial charge in [0.15, 0.2) is 17.3 Å². The minimum Gasteiger partial charge on any atom is -0.493 e. The van der Waals surface area contributed by atoms with Gasteiger partial charge in [0.1, 0.15) is 5.82 Å². The first-order valence-electron chi connectivity index (χ1n) is 8.10. The van der Waals surface area contributed by atoms with Gasteiger partial charge in [-0.05, 0) is 18.6 Å². The molecule has 1 heterocycles. The fourth-order valence-corrected chi connectivity index (χ4v) is 2.80. The topological polar surface area (TPSA) is 72.1 Å². The van der Waals surface area contributed by atoms with Crippen LogP contribution in [0.4, 0.5) is 0 Å². The van der Waals surface area contributed by atoms with E-state index in [-0.39, 0.29) is 6.04 Å². The molecule has 1 atom stereocenters. The molecule has 3 aromatic rings. The van der Waals surface area contributed by atoms with Gasteiger partial charge in [0.25, 0.3) is 0 Å². The lowest BCUT2D eigenvalue weighted by Crippen LogP contribution is -2.23. The second-order valence-electron chi connectivity index (χ2n) is 5.66. The van der Waals surface area contributed by atoms with Crippen LogP contribution in [0.15, 0.2) is 48.5 Å². The van der Waals surface area contributed by atoms with Crippen molar-refractivity contribution in [2.24, 2.45) is 0 Å². The molecule has 25 heavy (non-hydrogen) atoms. The Hall–Kier alpha value is -2.86. The molecule has 130 valence electrons. The Bertz CT molecular complexity index is 817. The van der Waals surface area contributed by atoms with Crippen molar-refractivity contribution in [1.29, 1.82) is 0 Å². The Labute approximate surface area is 147 Å². The highest BCUT2D eigenvalue weighted by Gasteiger charge is 2.19. The summed E-state index contributed by atoms with van der Waals surface area (Å²) in [6.07, 6.45) is 0. The summed E-state index contributed by atoms with van der Waals surface area (Å²) >= 11 is 0. The molecule has 0 spiro atoms. The third kappa shape index (κ3) is 3.80. The number of aromatic amines is 1. The van der Waals surface area contributed by atoms with Gasteiger partial charge in [-0.15, -0.1) is 0 Å². The number of aryl methyl sites for hydroxylation is 1. The number of hydrogen-bond donors (Lipinski definition) is 2. The van der Waals surface area contributed by atoms with Crippen LogP contribution in [0.3, 0.4) is 0 Å². The van der Waals surface area contributed by atoms with E-state index in [0.29, 0.717) is 18.1 Å². The van der Waals surface area contributed by atoms with Crippen molar-refractivity contribution < 1.29 is 9.47 Å². The van der Waals surface area contributed by atoms with Crippen molar-refractivity contribution in [1.82, 2.24) is 20.5 Å². The van der Waals surface area contributed by atoms with Crippen molar-refractivity contribution in [3.05, 3.63) is 71.3 Å². The fraction of sp³-hybridized carbons (Fsp3) is 0.263. The van der Waals surface area contributed by atoms with Crippen LogP contribution >= 0.6 is 0 Å². The van der Waals surface area contributed by atoms with Crippen LogP contribution in [0, 0.1) is 6.92 Å². The lowest BCUT2D eigenvalue weighted by molar-refractivity contribution is 0.350. The lowest BCUT2D eigenvalue weighted by atomic mass is 10.1. The molecule has 6 heteroatoms. The van der Waals surface area contributed by atoms with Crippen LogP contribution in [0.25, 0.3) is 0 Å². The van der Waals surface area contributed by atoms with Crippen molar-refractivity contribution in [3.63, 3.8) is 0 Å². The fourth-order valence-electron chi connectivity index (χ4n) is 2.80. The number of H-pyrrole nitrogens is 1. The molecule has 0 saturated carbocycles. The first kappa shape index (κ1) is 17.0. The van der Waals surface area contributed by atoms with Gasteiger partial charge in [-0.3, -0.25) is 10.4 Å². The molecular weight excluding hydrogens is 316 g/mol. The van der Waals surface area contributed by atoms with Crippen molar-refractivity contribution in [2.75, 3.05) is 14.2 Å². The highest BCUT2D eigenvalue weighted by atomic mass is 16.5. The number of para-hydroxylation sites is 1. The predicted octanol–water partition coefficient (Wildman–Crippen LogP) is 3.01. The summed E-state index contributed by atoms with van der Waals surface area (Å²) in [5.74, 6) is 2.95. The summed E-state index contributed by atoms with van der Waals surface area (Å²) in [6, 6.07) is 15.9. The quantitative estimate of drug-likeness (QED) is 0.693. The summed E-state index contributed by atoms with van der Waals surface area (Å²) in [5.41, 5.74) is 2.11. The first-order valence-corrected chi connectivity index (χ1v) is 8.10. The van der Waals surface area contributed by atoms with Crippen LogP contribution in [-0.2, 0) is 6.54 Å². The van der Waals surface area contributed by atoms with Gasteiger partial charge >= 0.3 is 0 Å². The van der Waals surface area contributed by atoms with E-state index in [1.54, 1.807) is 14.2 Å². The maximum Gasteiger partial charge on any atom is 0.172 e. The molecule has 0 radical (unpaired) electrons. The molecule has 0 fully saturated rings. The number of ether oxygens (including phenoxy) is 2. The Kier molecular flexibility index (Phi) is 5.30. The van der Waals surface area contributed by atoms with Gasteiger partial charge in [-0.1, -0.05) is 42.5 Å². The maximum absolute atomic E-state index is 5.51. The van der Waals surface area contributed by atoms with Crippen molar-refractivity contribution in [3.8, 4) is 11.5 Å². The summed E-state index contributed by atoms with van der Waals surface area (Å²) in [7, 11) is 3.28. The van der Waals surface area contributed by atoms with Crippen LogP contribution in [0.5, 0.6) is 11.5 Å². The molecule has 2 aromatic carbocycles. The Morgan fingerprint density at radius 3 is 2.48 bits per heavy atom. The van der Waals surface area contributed by atoms with Crippen LogP contribution in [-0.4, -0.2) is 29.4 Å². The molecule has 0 aliphatic rings. The average molecular weight is 338 g/mol.